The number of para-hydroxylation sites is 1. The molecule has 1 aliphatic heterocycles. The first-order valence-corrected chi connectivity index (χ1v) is 12.7. The number of benzene rings is 2. The fourth-order valence-corrected chi connectivity index (χ4v) is 4.87. The van der Waals surface area contributed by atoms with Crippen molar-refractivity contribution in [1.82, 2.24) is 20.7 Å². The predicted molar refractivity (Wildman–Crippen MR) is 138 cm³/mol. The third kappa shape index (κ3) is 6.60. The van der Waals surface area contributed by atoms with Crippen molar-refractivity contribution in [2.24, 2.45) is 0 Å². The Morgan fingerprint density at radius 2 is 1.69 bits per heavy atom. The molecule has 4 amide bonds. The number of piperidine rings is 1. The van der Waals surface area contributed by atoms with E-state index in [2.05, 4.69) is 21.2 Å². The smallest absolute Gasteiger partial charge is 0.337 e. The molecule has 2 aromatic carbocycles. The lowest BCUT2D eigenvalue weighted by molar-refractivity contribution is 0.0713. The molecule has 0 saturated carbocycles. The molecule has 4 rings (SSSR count). The van der Waals surface area contributed by atoms with Crippen molar-refractivity contribution in [3.63, 3.8) is 0 Å². The largest absolute Gasteiger partial charge is 0.491 e. The molecule has 10 heteroatoms. The maximum Gasteiger partial charge on any atom is 0.337 e. The molecular weight excluding hydrogens is 478 g/mol. The summed E-state index contributed by atoms with van der Waals surface area (Å²) in [5.74, 6) is 0.439. The molecule has 0 radical (unpaired) electrons. The molecule has 3 N–H and O–H groups in total. The molecule has 188 valence electrons. The van der Waals surface area contributed by atoms with Gasteiger partial charge in [0.2, 0.25) is 0 Å². The Morgan fingerprint density at radius 1 is 1.00 bits per heavy atom. The van der Waals surface area contributed by atoms with E-state index < -0.39 is 11.9 Å². The third-order valence-corrected chi connectivity index (χ3v) is 6.69. The van der Waals surface area contributed by atoms with Gasteiger partial charge in [-0.1, -0.05) is 18.2 Å². The van der Waals surface area contributed by atoms with Crippen LogP contribution in [-0.2, 0) is 0 Å². The summed E-state index contributed by atoms with van der Waals surface area (Å²) in [7, 11) is 0. The monoisotopic (exact) mass is 507 g/mol. The topological polar surface area (TPSA) is 113 Å². The molecule has 0 atom stereocenters. The van der Waals surface area contributed by atoms with Crippen LogP contribution < -0.4 is 20.9 Å². The molecular formula is C26H29N5O4S. The molecule has 3 aromatic rings. The number of hydrazine groups is 1. The van der Waals surface area contributed by atoms with Gasteiger partial charge in [-0.2, -0.15) is 0 Å². The zero-order valence-corrected chi connectivity index (χ0v) is 21.0. The number of ether oxygens (including phenoxy) is 1. The van der Waals surface area contributed by atoms with Crippen LogP contribution in [-0.4, -0.2) is 46.9 Å². The van der Waals surface area contributed by atoms with Crippen molar-refractivity contribution in [2.45, 2.75) is 38.7 Å². The first-order chi connectivity index (χ1) is 17.4. The Balaban J connectivity index is 1.25. The van der Waals surface area contributed by atoms with E-state index in [1.54, 1.807) is 41.8 Å². The van der Waals surface area contributed by atoms with E-state index in [-0.39, 0.29) is 23.6 Å². The van der Waals surface area contributed by atoms with Crippen LogP contribution in [0.4, 0.5) is 10.5 Å². The first-order valence-electron chi connectivity index (χ1n) is 11.8. The number of carbonyl (C=O) groups is 3. The van der Waals surface area contributed by atoms with Crippen LogP contribution in [0.1, 0.15) is 58.5 Å². The number of urea groups is 1. The summed E-state index contributed by atoms with van der Waals surface area (Å²) in [5, 5.41) is 5.16. The lowest BCUT2D eigenvalue weighted by atomic mass is 9.97. The number of anilines is 1. The highest BCUT2D eigenvalue weighted by Crippen LogP contribution is 2.31. The first kappa shape index (κ1) is 25.2. The van der Waals surface area contributed by atoms with E-state index in [1.165, 1.54) is 11.3 Å². The zero-order chi connectivity index (χ0) is 25.5. The summed E-state index contributed by atoms with van der Waals surface area (Å²) >= 11 is 1.42. The molecule has 0 unspecified atom stereocenters. The molecule has 36 heavy (non-hydrogen) atoms. The van der Waals surface area contributed by atoms with Crippen molar-refractivity contribution in [3.8, 4) is 5.75 Å². The van der Waals surface area contributed by atoms with Gasteiger partial charge in [0.1, 0.15) is 11.4 Å². The molecule has 1 aliphatic rings. The highest BCUT2D eigenvalue weighted by atomic mass is 32.1. The average molecular weight is 508 g/mol. The number of thiazole rings is 1. The van der Waals surface area contributed by atoms with Crippen LogP contribution in [0.2, 0.25) is 0 Å². The molecule has 1 aromatic heterocycles. The van der Waals surface area contributed by atoms with Crippen LogP contribution in [0, 0.1) is 0 Å². The van der Waals surface area contributed by atoms with Gasteiger partial charge in [0.05, 0.1) is 11.1 Å². The number of hydrogen-bond acceptors (Lipinski definition) is 6. The van der Waals surface area contributed by atoms with Crippen molar-refractivity contribution in [2.75, 3.05) is 18.4 Å². The Kier molecular flexibility index (Phi) is 8.17. The highest BCUT2D eigenvalue weighted by molar-refractivity contribution is 7.09. The summed E-state index contributed by atoms with van der Waals surface area (Å²) in [6.07, 6.45) is 1.62. The minimum Gasteiger partial charge on any atom is -0.491 e. The average Bonchev–Trinajstić information content (AvgIpc) is 3.38. The SMILES string of the molecule is CC(C)Oc1ccc(C(=O)N2CCC(c3nc(C(=O)NNC(=O)Nc4ccccc4)cs3)CC2)cc1. The van der Waals surface area contributed by atoms with E-state index in [0.29, 0.717) is 24.3 Å². The molecule has 0 aliphatic carbocycles. The van der Waals surface area contributed by atoms with E-state index >= 15 is 0 Å². The normalized spacial score (nSPS) is 13.8. The van der Waals surface area contributed by atoms with E-state index in [0.717, 1.165) is 23.6 Å². The summed E-state index contributed by atoms with van der Waals surface area (Å²) in [6.45, 7) is 5.17. The summed E-state index contributed by atoms with van der Waals surface area (Å²) in [4.78, 5) is 43.6. The fourth-order valence-electron chi connectivity index (χ4n) is 3.90. The van der Waals surface area contributed by atoms with Crippen LogP contribution in [0.25, 0.3) is 0 Å². The minimum atomic E-state index is -0.552. The third-order valence-electron chi connectivity index (χ3n) is 5.68. The van der Waals surface area contributed by atoms with E-state index in [1.807, 2.05) is 36.9 Å². The van der Waals surface area contributed by atoms with Gasteiger partial charge in [-0.3, -0.25) is 15.0 Å². The quantitative estimate of drug-likeness (QED) is 0.428. The number of aromatic nitrogens is 1. The van der Waals surface area contributed by atoms with Gasteiger partial charge in [0.25, 0.3) is 11.8 Å². The number of nitrogens with one attached hydrogen (secondary N) is 3. The number of amides is 4. The number of rotatable bonds is 6. The molecule has 9 nitrogen and oxygen atoms in total. The zero-order valence-electron chi connectivity index (χ0n) is 20.2. The maximum atomic E-state index is 12.9. The van der Waals surface area contributed by atoms with Crippen molar-refractivity contribution in [3.05, 3.63) is 76.2 Å². The van der Waals surface area contributed by atoms with Crippen LogP contribution >= 0.6 is 11.3 Å². The minimum absolute atomic E-state index is 0.00334. The van der Waals surface area contributed by atoms with Gasteiger partial charge < -0.3 is 15.0 Å². The Morgan fingerprint density at radius 3 is 2.36 bits per heavy atom. The Bertz CT molecular complexity index is 1190. The summed E-state index contributed by atoms with van der Waals surface area (Å²) in [5.41, 5.74) is 6.20. The van der Waals surface area contributed by atoms with Crippen molar-refractivity contribution < 1.29 is 19.1 Å². The Labute approximate surface area is 213 Å². The van der Waals surface area contributed by atoms with E-state index in [9.17, 15) is 14.4 Å². The number of hydrogen-bond donors (Lipinski definition) is 3. The number of nitrogens with zero attached hydrogens (tertiary/aromatic N) is 2. The van der Waals surface area contributed by atoms with Crippen molar-refractivity contribution >= 4 is 34.9 Å². The van der Waals surface area contributed by atoms with Crippen molar-refractivity contribution in [1.29, 1.82) is 0 Å². The second-order valence-corrected chi connectivity index (χ2v) is 9.62. The molecule has 1 saturated heterocycles. The molecule has 2 heterocycles. The molecule has 0 bridgehead atoms. The lowest BCUT2D eigenvalue weighted by Crippen LogP contribution is -2.44. The van der Waals surface area contributed by atoms with Gasteiger partial charge in [-0.25, -0.2) is 15.2 Å². The van der Waals surface area contributed by atoms with Gasteiger partial charge in [0, 0.05) is 35.6 Å². The number of carbonyl (C=O) groups excluding carboxylic acids is 3. The predicted octanol–water partition coefficient (Wildman–Crippen LogP) is 4.42. The van der Waals surface area contributed by atoms with Crippen LogP contribution in [0.5, 0.6) is 5.75 Å². The van der Waals surface area contributed by atoms with Gasteiger partial charge in [-0.05, 0) is 63.1 Å². The Hall–Kier alpha value is -3.92. The summed E-state index contributed by atoms with van der Waals surface area (Å²) in [6, 6.07) is 15.6. The summed E-state index contributed by atoms with van der Waals surface area (Å²) < 4.78 is 5.64. The van der Waals surface area contributed by atoms with E-state index in [4.69, 9.17) is 4.74 Å². The second-order valence-electron chi connectivity index (χ2n) is 8.73. The standard InChI is InChI=1S/C26H29N5O4S/c1-17(2)35-21-10-8-19(9-11-21)25(33)31-14-12-18(13-15-31)24-28-22(16-36-24)23(32)29-30-26(34)27-20-6-4-3-5-7-20/h3-11,16-18H,12-15H2,1-2H3,(H,29,32)(H2,27,30,34). The van der Waals surface area contributed by atoms with Crippen LogP contribution in [0.15, 0.2) is 60.0 Å². The maximum absolute atomic E-state index is 12.9. The fraction of sp³-hybridized carbons (Fsp3) is 0.308. The van der Waals surface area contributed by atoms with Gasteiger partial charge in [-0.15, -0.1) is 11.3 Å². The van der Waals surface area contributed by atoms with Gasteiger partial charge in [0.15, 0.2) is 0 Å². The second kappa shape index (κ2) is 11.7. The molecule has 0 spiro atoms. The highest BCUT2D eigenvalue weighted by Gasteiger charge is 2.27. The van der Waals surface area contributed by atoms with Gasteiger partial charge >= 0.3 is 6.03 Å². The number of likely N-dealkylation sites (tertiary alicyclic amines) is 1. The van der Waals surface area contributed by atoms with Crippen LogP contribution in [0.3, 0.4) is 0 Å². The lowest BCUT2D eigenvalue weighted by Gasteiger charge is -2.31. The molecule has 1 fully saturated rings.